The molecule has 0 bridgehead atoms. The molecule has 2 aliphatic rings. The SMILES string of the molecule is [C-]#[N+]C1=C(c2cc([N+]#[C-])ncc2F)/C(=C(/C#N)[N+]#[C-])c2c(F)c3c(c(F)c21)C(C#N)=C(c1cc(C#N)ncc1F)/C3=C(\C#N)[N+]#[C-]. The number of halogens is 4. The average Bonchev–Trinajstić information content (AvgIpc) is 3.59. The van der Waals surface area contributed by atoms with Crippen LogP contribution in [0.2, 0.25) is 0 Å². The maximum absolute atomic E-state index is 17.1. The van der Waals surface area contributed by atoms with Gasteiger partial charge in [-0.3, -0.25) is 0 Å². The van der Waals surface area contributed by atoms with Crippen LogP contribution in [-0.2, 0) is 0 Å². The average molecular weight is 604 g/mol. The molecule has 0 aliphatic heterocycles. The van der Waals surface area contributed by atoms with Gasteiger partial charge in [-0.15, -0.1) is 4.98 Å². The summed E-state index contributed by atoms with van der Waals surface area (Å²) in [5.41, 5.74) is -11.4. The van der Waals surface area contributed by atoms with E-state index in [-0.39, 0.29) is 5.69 Å². The lowest BCUT2D eigenvalue weighted by molar-refractivity contribution is 0.590. The minimum atomic E-state index is -1.53. The van der Waals surface area contributed by atoms with Crippen molar-refractivity contribution in [2.75, 3.05) is 0 Å². The third-order valence-corrected chi connectivity index (χ3v) is 6.95. The van der Waals surface area contributed by atoms with Gasteiger partial charge in [0, 0.05) is 44.5 Å². The van der Waals surface area contributed by atoms with Gasteiger partial charge in [0.05, 0.1) is 43.6 Å². The Balaban J connectivity index is 2.08. The molecule has 0 radical (unpaired) electrons. The summed E-state index contributed by atoms with van der Waals surface area (Å²) in [6.07, 6.45) is 1.20. The Bertz CT molecular complexity index is 2300. The molecule has 0 saturated heterocycles. The molecule has 0 atom stereocenters. The fourth-order valence-corrected chi connectivity index (χ4v) is 5.23. The third-order valence-electron chi connectivity index (χ3n) is 6.95. The van der Waals surface area contributed by atoms with Gasteiger partial charge in [-0.05, 0) is 23.3 Å². The maximum atomic E-state index is 17.1. The van der Waals surface area contributed by atoms with Crippen molar-refractivity contribution in [3.63, 3.8) is 0 Å². The molecule has 0 N–H and O–H groups in total. The van der Waals surface area contributed by atoms with Crippen molar-refractivity contribution in [3.8, 4) is 24.3 Å². The lowest BCUT2D eigenvalue weighted by atomic mass is 9.90. The van der Waals surface area contributed by atoms with E-state index in [0.717, 1.165) is 12.1 Å². The summed E-state index contributed by atoms with van der Waals surface area (Å²) in [7, 11) is 0. The van der Waals surface area contributed by atoms with Gasteiger partial charge in [-0.2, -0.15) is 10.5 Å². The molecule has 1 aromatic carbocycles. The van der Waals surface area contributed by atoms with Crippen LogP contribution in [0.25, 0.3) is 52.9 Å². The fourth-order valence-electron chi connectivity index (χ4n) is 5.23. The second kappa shape index (κ2) is 11.1. The van der Waals surface area contributed by atoms with Crippen LogP contribution in [0.3, 0.4) is 0 Å². The van der Waals surface area contributed by atoms with Crippen molar-refractivity contribution in [2.24, 2.45) is 0 Å². The molecule has 3 aromatic rings. The Morgan fingerprint density at radius 2 is 1.20 bits per heavy atom. The largest absolute Gasteiger partial charge is 0.361 e. The summed E-state index contributed by atoms with van der Waals surface area (Å²) in [5, 5.41) is 39.2. The number of rotatable bonds is 2. The van der Waals surface area contributed by atoms with Crippen molar-refractivity contribution in [1.82, 2.24) is 9.97 Å². The standard InChI is InChI=1S/C32H4F4N10/c1-41-19(9-39)25-22(14-5-13(7-37)45-11-17(14)33)16(8-38)23-27(25)31(36)28-26(20(10-40)42-2)24(32(44-4)29(28)30(23)35)15-6-21(43-3)46-12-18(15)34/h5-6,11-12H/b25-19-,26-20+. The quantitative estimate of drug-likeness (QED) is 0.175. The molecule has 0 spiro atoms. The Labute approximate surface area is 256 Å². The molecule has 2 aromatic heterocycles. The van der Waals surface area contributed by atoms with Gasteiger partial charge < -0.3 is 4.85 Å². The molecule has 210 valence electrons. The zero-order chi connectivity index (χ0) is 33.4. The first-order valence-corrected chi connectivity index (χ1v) is 12.1. The first-order valence-electron chi connectivity index (χ1n) is 12.1. The number of pyridine rings is 2. The molecule has 10 nitrogen and oxygen atoms in total. The van der Waals surface area contributed by atoms with Gasteiger partial charge in [0.25, 0.3) is 17.2 Å². The van der Waals surface area contributed by atoms with Gasteiger partial charge in [0.1, 0.15) is 35.3 Å². The molecule has 2 heterocycles. The fraction of sp³-hybridized carbons (Fsp3) is 0. The van der Waals surface area contributed by atoms with Crippen LogP contribution < -0.4 is 0 Å². The van der Waals surface area contributed by atoms with Gasteiger partial charge in [0.2, 0.25) is 5.70 Å². The van der Waals surface area contributed by atoms with E-state index in [1.807, 2.05) is 0 Å². The number of fused-ring (bicyclic) bond motifs is 2. The Kier molecular flexibility index (Phi) is 7.13. The Morgan fingerprint density at radius 3 is 1.72 bits per heavy atom. The number of aromatic nitrogens is 2. The normalized spacial score (nSPS) is 14.7. The zero-order valence-electron chi connectivity index (χ0n) is 22.3. The van der Waals surface area contributed by atoms with Crippen LogP contribution >= 0.6 is 0 Å². The van der Waals surface area contributed by atoms with E-state index in [4.69, 9.17) is 26.3 Å². The van der Waals surface area contributed by atoms with E-state index in [2.05, 4.69) is 29.3 Å². The van der Waals surface area contributed by atoms with Crippen LogP contribution in [0.5, 0.6) is 0 Å². The monoisotopic (exact) mass is 604 g/mol. The highest BCUT2D eigenvalue weighted by Gasteiger charge is 2.44. The van der Waals surface area contributed by atoms with E-state index < -0.39 is 107 Å². The molecule has 0 unspecified atom stereocenters. The summed E-state index contributed by atoms with van der Waals surface area (Å²) >= 11 is 0. The first kappa shape index (κ1) is 29.6. The summed E-state index contributed by atoms with van der Waals surface area (Å²) in [4.78, 5) is 19.6. The predicted molar refractivity (Wildman–Crippen MR) is 150 cm³/mol. The smallest absolute Gasteiger partial charge is 0.270 e. The van der Waals surface area contributed by atoms with Crippen molar-refractivity contribution < 1.29 is 17.6 Å². The number of benzene rings is 1. The van der Waals surface area contributed by atoms with Crippen molar-refractivity contribution in [2.45, 2.75) is 0 Å². The summed E-state index contributed by atoms with van der Waals surface area (Å²) in [5.74, 6) is -5.79. The molecule has 2 aliphatic carbocycles. The number of nitriles is 4. The summed E-state index contributed by atoms with van der Waals surface area (Å²) in [6.45, 7) is 30.2. The zero-order valence-corrected chi connectivity index (χ0v) is 22.3. The number of nitrogens with zero attached hydrogens (tertiary/aromatic N) is 10. The minimum absolute atomic E-state index is 0.386. The minimum Gasteiger partial charge on any atom is -0.361 e. The highest BCUT2D eigenvalue weighted by atomic mass is 19.1. The molecule has 14 heteroatoms. The van der Waals surface area contributed by atoms with Crippen molar-refractivity contribution in [1.29, 1.82) is 21.0 Å². The summed E-state index contributed by atoms with van der Waals surface area (Å²) in [6, 6.07) is 8.00. The number of allylic oxidation sites excluding steroid dienone is 7. The molecular weight excluding hydrogens is 600 g/mol. The van der Waals surface area contributed by atoms with E-state index >= 15 is 17.6 Å². The highest BCUT2D eigenvalue weighted by molar-refractivity contribution is 6.29. The van der Waals surface area contributed by atoms with Crippen molar-refractivity contribution in [3.05, 3.63) is 144 Å². The van der Waals surface area contributed by atoms with Gasteiger partial charge >= 0.3 is 0 Å². The van der Waals surface area contributed by atoms with Gasteiger partial charge in [-0.25, -0.2) is 47.6 Å². The van der Waals surface area contributed by atoms with Gasteiger partial charge in [0.15, 0.2) is 12.0 Å². The van der Waals surface area contributed by atoms with Crippen LogP contribution in [0, 0.1) is 94.9 Å². The molecular formula is C32H4F4N10. The van der Waals surface area contributed by atoms with Crippen molar-refractivity contribution >= 4 is 39.4 Å². The topological polar surface area (TPSA) is 138 Å². The van der Waals surface area contributed by atoms with Crippen LogP contribution in [0.1, 0.15) is 39.1 Å². The van der Waals surface area contributed by atoms with E-state index in [1.54, 1.807) is 12.1 Å². The lowest BCUT2D eigenvalue weighted by Gasteiger charge is -2.15. The lowest BCUT2D eigenvalue weighted by Crippen LogP contribution is -2.05. The molecule has 5 rings (SSSR count). The second-order valence-electron chi connectivity index (χ2n) is 9.01. The Hall–Kier alpha value is -7.88. The highest BCUT2D eigenvalue weighted by Crippen LogP contribution is 2.58. The Morgan fingerprint density at radius 1 is 0.652 bits per heavy atom. The summed E-state index contributed by atoms with van der Waals surface area (Å²) < 4.78 is 64.4. The van der Waals surface area contributed by atoms with Crippen LogP contribution in [-0.4, -0.2) is 9.97 Å². The second-order valence-corrected chi connectivity index (χ2v) is 9.01. The van der Waals surface area contributed by atoms with Gasteiger partial charge in [-0.1, -0.05) is 6.57 Å². The van der Waals surface area contributed by atoms with Crippen LogP contribution in [0.15, 0.2) is 35.9 Å². The molecule has 0 fully saturated rings. The number of hydrogen-bond donors (Lipinski definition) is 0. The van der Waals surface area contributed by atoms with E-state index in [0.29, 0.717) is 12.4 Å². The first-order chi connectivity index (χ1) is 22.2. The number of hydrogen-bond acceptors (Lipinski definition) is 6. The van der Waals surface area contributed by atoms with Crippen LogP contribution in [0.4, 0.5) is 23.4 Å². The van der Waals surface area contributed by atoms with E-state index in [9.17, 15) is 21.0 Å². The van der Waals surface area contributed by atoms with E-state index in [1.165, 1.54) is 12.1 Å². The maximum Gasteiger partial charge on any atom is 0.270 e. The third kappa shape index (κ3) is 3.96. The predicted octanol–water partition coefficient (Wildman–Crippen LogP) is 7.01. The molecule has 46 heavy (non-hydrogen) atoms. The molecule has 0 saturated carbocycles. The molecule has 0 amide bonds.